The zero-order valence-electron chi connectivity index (χ0n) is 16.8. The molecule has 1 heterocycles. The van der Waals surface area contributed by atoms with Crippen LogP contribution in [0.15, 0.2) is 58.5 Å². The maximum absolute atomic E-state index is 12.9. The highest BCUT2D eigenvalue weighted by molar-refractivity contribution is 7.99. The molecule has 0 spiro atoms. The lowest BCUT2D eigenvalue weighted by Gasteiger charge is -2.12. The van der Waals surface area contributed by atoms with Gasteiger partial charge in [-0.2, -0.15) is 0 Å². The molecule has 1 fully saturated rings. The first-order chi connectivity index (χ1) is 14.6. The van der Waals surface area contributed by atoms with Crippen LogP contribution in [-0.2, 0) is 4.79 Å². The summed E-state index contributed by atoms with van der Waals surface area (Å²) in [6.07, 6.45) is 3.19. The largest absolute Gasteiger partial charge is 0.326 e. The van der Waals surface area contributed by atoms with E-state index in [0.717, 1.165) is 19.3 Å². The number of ketones is 1. The third-order valence-electron chi connectivity index (χ3n) is 4.99. The number of aromatic nitrogens is 2. The molecular formula is C23H23N3O3S. The Labute approximate surface area is 178 Å². The summed E-state index contributed by atoms with van der Waals surface area (Å²) < 4.78 is 1.74. The summed E-state index contributed by atoms with van der Waals surface area (Å²) in [4.78, 5) is 41.9. The van der Waals surface area contributed by atoms with Crippen LogP contribution in [0.1, 0.15) is 49.0 Å². The summed E-state index contributed by atoms with van der Waals surface area (Å²) in [7, 11) is 0. The van der Waals surface area contributed by atoms with Gasteiger partial charge >= 0.3 is 0 Å². The number of carbonyl (C=O) groups excluding carboxylic acids is 2. The molecule has 1 saturated carbocycles. The molecule has 1 amide bonds. The fraction of sp³-hybridized carbons (Fsp3) is 0.304. The zero-order valence-corrected chi connectivity index (χ0v) is 17.6. The van der Waals surface area contributed by atoms with Crippen LogP contribution in [0, 0.1) is 0 Å². The van der Waals surface area contributed by atoms with E-state index in [-0.39, 0.29) is 29.0 Å². The molecule has 0 saturated heterocycles. The summed E-state index contributed by atoms with van der Waals surface area (Å²) in [5.41, 5.74) is 1.86. The number of rotatable bonds is 8. The SMILES string of the molecule is CCCC(=O)Nc1ccc(C(=O)CSc2nc3ccccc3c(=O)n2C2CC2)cc1. The van der Waals surface area contributed by atoms with Gasteiger partial charge in [-0.25, -0.2) is 4.98 Å². The van der Waals surface area contributed by atoms with Gasteiger partial charge in [-0.3, -0.25) is 19.0 Å². The number of carbonyl (C=O) groups is 2. The summed E-state index contributed by atoms with van der Waals surface area (Å²) in [6.45, 7) is 1.95. The smallest absolute Gasteiger partial charge is 0.262 e. The van der Waals surface area contributed by atoms with E-state index >= 15 is 0 Å². The van der Waals surface area contributed by atoms with Crippen molar-refractivity contribution in [3.05, 3.63) is 64.4 Å². The van der Waals surface area contributed by atoms with Crippen LogP contribution in [0.2, 0.25) is 0 Å². The normalized spacial score (nSPS) is 13.4. The van der Waals surface area contributed by atoms with Crippen molar-refractivity contribution in [1.82, 2.24) is 9.55 Å². The second kappa shape index (κ2) is 8.83. The summed E-state index contributed by atoms with van der Waals surface area (Å²) in [6, 6.07) is 14.4. The van der Waals surface area contributed by atoms with Gasteiger partial charge < -0.3 is 5.32 Å². The highest BCUT2D eigenvalue weighted by atomic mass is 32.2. The average molecular weight is 422 g/mol. The number of Topliss-reactive ketones (excluding diaryl/α,β-unsaturated/α-hetero) is 1. The van der Waals surface area contributed by atoms with E-state index in [1.165, 1.54) is 11.8 Å². The Bertz CT molecular complexity index is 1150. The first-order valence-electron chi connectivity index (χ1n) is 10.1. The number of amides is 1. The quantitative estimate of drug-likeness (QED) is 0.330. The molecule has 0 unspecified atom stereocenters. The van der Waals surface area contributed by atoms with Crippen molar-refractivity contribution >= 4 is 40.0 Å². The summed E-state index contributed by atoms with van der Waals surface area (Å²) in [5, 5.41) is 4.02. The number of nitrogens with zero attached hydrogens (tertiary/aromatic N) is 2. The molecule has 0 atom stereocenters. The van der Waals surface area contributed by atoms with Gasteiger partial charge in [0.1, 0.15) is 0 Å². The van der Waals surface area contributed by atoms with Crippen molar-refractivity contribution < 1.29 is 9.59 Å². The minimum absolute atomic E-state index is 0.0347. The molecular weight excluding hydrogens is 398 g/mol. The molecule has 154 valence electrons. The minimum Gasteiger partial charge on any atom is -0.326 e. The molecule has 1 N–H and O–H groups in total. The fourth-order valence-corrected chi connectivity index (χ4v) is 4.25. The Morgan fingerprint density at radius 2 is 1.87 bits per heavy atom. The number of benzene rings is 2. The first-order valence-corrected chi connectivity index (χ1v) is 11.1. The fourth-order valence-electron chi connectivity index (χ4n) is 3.29. The molecule has 30 heavy (non-hydrogen) atoms. The molecule has 6 nitrogen and oxygen atoms in total. The Morgan fingerprint density at radius 3 is 2.57 bits per heavy atom. The Morgan fingerprint density at radius 1 is 1.13 bits per heavy atom. The predicted octanol–water partition coefficient (Wildman–Crippen LogP) is 4.45. The molecule has 7 heteroatoms. The molecule has 4 rings (SSSR count). The van der Waals surface area contributed by atoms with Gasteiger partial charge in [0.05, 0.1) is 16.7 Å². The maximum Gasteiger partial charge on any atom is 0.262 e. The monoisotopic (exact) mass is 421 g/mol. The Balaban J connectivity index is 1.49. The lowest BCUT2D eigenvalue weighted by atomic mass is 10.1. The summed E-state index contributed by atoms with van der Waals surface area (Å²) >= 11 is 1.30. The van der Waals surface area contributed by atoms with Crippen LogP contribution in [0.5, 0.6) is 0 Å². The van der Waals surface area contributed by atoms with E-state index in [1.807, 2.05) is 25.1 Å². The minimum atomic E-state index is -0.0452. The molecule has 0 radical (unpaired) electrons. The van der Waals surface area contributed by atoms with Crippen LogP contribution in [-0.4, -0.2) is 27.0 Å². The van der Waals surface area contributed by atoms with Gasteiger partial charge in [0, 0.05) is 23.7 Å². The van der Waals surface area contributed by atoms with E-state index in [0.29, 0.717) is 33.7 Å². The Hall–Kier alpha value is -2.93. The van der Waals surface area contributed by atoms with Gasteiger partial charge in [-0.1, -0.05) is 30.8 Å². The zero-order chi connectivity index (χ0) is 21.1. The predicted molar refractivity (Wildman–Crippen MR) is 119 cm³/mol. The highest BCUT2D eigenvalue weighted by Crippen LogP contribution is 2.37. The Kier molecular flexibility index (Phi) is 5.99. The van der Waals surface area contributed by atoms with Crippen molar-refractivity contribution in [2.75, 3.05) is 11.1 Å². The third kappa shape index (κ3) is 4.46. The molecule has 1 aliphatic rings. The molecule has 2 aromatic carbocycles. The molecule has 0 bridgehead atoms. The number of nitrogens with one attached hydrogen (secondary N) is 1. The van der Waals surface area contributed by atoms with Gasteiger partial charge in [0.2, 0.25) is 5.91 Å². The first kappa shape index (κ1) is 20.3. The standard InChI is InChI=1S/C23H23N3O3S/c1-2-5-21(28)24-16-10-8-15(9-11-16)20(27)14-30-23-25-19-7-4-3-6-18(19)22(29)26(23)17-12-13-17/h3-4,6-11,17H,2,5,12-14H2,1H3,(H,24,28). The van der Waals surface area contributed by atoms with E-state index < -0.39 is 0 Å². The second-order valence-electron chi connectivity index (χ2n) is 7.41. The van der Waals surface area contributed by atoms with Gasteiger partial charge in [0.15, 0.2) is 10.9 Å². The second-order valence-corrected chi connectivity index (χ2v) is 8.35. The van der Waals surface area contributed by atoms with Gasteiger partial charge in [0.25, 0.3) is 5.56 Å². The van der Waals surface area contributed by atoms with Crippen LogP contribution in [0.3, 0.4) is 0 Å². The van der Waals surface area contributed by atoms with Crippen molar-refractivity contribution in [2.45, 2.75) is 43.8 Å². The lowest BCUT2D eigenvalue weighted by molar-refractivity contribution is -0.116. The van der Waals surface area contributed by atoms with Gasteiger partial charge in [-0.15, -0.1) is 0 Å². The number of fused-ring (bicyclic) bond motifs is 1. The van der Waals surface area contributed by atoms with Gasteiger partial charge in [-0.05, 0) is 55.7 Å². The maximum atomic E-state index is 12.9. The number of anilines is 1. The van der Waals surface area contributed by atoms with Crippen molar-refractivity contribution in [2.24, 2.45) is 0 Å². The number of hydrogen-bond donors (Lipinski definition) is 1. The topological polar surface area (TPSA) is 81.1 Å². The molecule has 3 aromatic rings. The van der Waals surface area contributed by atoms with Crippen LogP contribution >= 0.6 is 11.8 Å². The van der Waals surface area contributed by atoms with E-state index in [4.69, 9.17) is 0 Å². The van der Waals surface area contributed by atoms with E-state index in [9.17, 15) is 14.4 Å². The molecule has 1 aromatic heterocycles. The van der Waals surface area contributed by atoms with Crippen LogP contribution < -0.4 is 10.9 Å². The number of para-hydroxylation sites is 1. The van der Waals surface area contributed by atoms with Crippen molar-refractivity contribution in [1.29, 1.82) is 0 Å². The van der Waals surface area contributed by atoms with Crippen LogP contribution in [0.25, 0.3) is 10.9 Å². The van der Waals surface area contributed by atoms with Crippen molar-refractivity contribution in [3.8, 4) is 0 Å². The number of hydrogen-bond acceptors (Lipinski definition) is 5. The molecule has 0 aliphatic heterocycles. The average Bonchev–Trinajstić information content (AvgIpc) is 3.58. The van der Waals surface area contributed by atoms with Crippen LogP contribution in [0.4, 0.5) is 5.69 Å². The summed E-state index contributed by atoms with van der Waals surface area (Å²) in [5.74, 6) is 0.114. The van der Waals surface area contributed by atoms with E-state index in [1.54, 1.807) is 34.9 Å². The number of thioether (sulfide) groups is 1. The van der Waals surface area contributed by atoms with Crippen molar-refractivity contribution in [3.63, 3.8) is 0 Å². The highest BCUT2D eigenvalue weighted by Gasteiger charge is 2.28. The lowest BCUT2D eigenvalue weighted by Crippen LogP contribution is -2.22. The molecule has 1 aliphatic carbocycles. The van der Waals surface area contributed by atoms with E-state index in [2.05, 4.69) is 10.3 Å². The third-order valence-corrected chi connectivity index (χ3v) is 5.94.